The Morgan fingerprint density at radius 3 is 2.68 bits per heavy atom. The monoisotopic (exact) mass is 388 g/mol. The molecule has 1 aromatic carbocycles. The molecule has 0 bridgehead atoms. The van der Waals surface area contributed by atoms with Crippen LogP contribution < -0.4 is 5.32 Å². The van der Waals surface area contributed by atoms with E-state index in [-0.39, 0.29) is 11.6 Å². The number of nitrogens with zero attached hydrogens (tertiary/aromatic N) is 1. The fourth-order valence-corrected chi connectivity index (χ4v) is 2.90. The summed E-state index contributed by atoms with van der Waals surface area (Å²) in [4.78, 5) is 22.2. The van der Waals surface area contributed by atoms with Crippen molar-refractivity contribution in [3.8, 4) is 0 Å². The maximum absolute atomic E-state index is 11.9. The van der Waals surface area contributed by atoms with Crippen LogP contribution in [0.5, 0.6) is 0 Å². The molecule has 2 rings (SSSR count). The Bertz CT molecular complexity index is 654. The number of nitrogens with one attached hydrogen (secondary N) is 1. The lowest BCUT2D eigenvalue weighted by atomic mass is 10.2. The molecule has 0 fully saturated rings. The summed E-state index contributed by atoms with van der Waals surface area (Å²) in [5.74, 6) is -0.215. The predicted octanol–water partition coefficient (Wildman–Crippen LogP) is 3.82. The van der Waals surface area contributed by atoms with Gasteiger partial charge in [0.1, 0.15) is 0 Å². The lowest BCUT2D eigenvalue weighted by molar-refractivity contribution is -0.385. The van der Waals surface area contributed by atoms with E-state index >= 15 is 0 Å². The normalized spacial score (nSPS) is 10.2. The van der Waals surface area contributed by atoms with Crippen molar-refractivity contribution in [2.45, 2.75) is 6.92 Å². The van der Waals surface area contributed by atoms with Gasteiger partial charge in [0.25, 0.3) is 11.6 Å². The van der Waals surface area contributed by atoms with E-state index in [1.165, 1.54) is 23.5 Å². The van der Waals surface area contributed by atoms with Crippen molar-refractivity contribution in [2.24, 2.45) is 0 Å². The molecule has 19 heavy (non-hydrogen) atoms. The fourth-order valence-electron chi connectivity index (χ4n) is 1.57. The van der Waals surface area contributed by atoms with Crippen molar-refractivity contribution in [2.75, 3.05) is 5.32 Å². The average molecular weight is 388 g/mol. The Morgan fingerprint density at radius 2 is 2.16 bits per heavy atom. The van der Waals surface area contributed by atoms with Gasteiger partial charge in [-0.2, -0.15) is 0 Å². The first-order valence-electron chi connectivity index (χ1n) is 5.28. The van der Waals surface area contributed by atoms with Crippen LogP contribution in [0, 0.1) is 19.9 Å². The molecule has 1 amide bonds. The van der Waals surface area contributed by atoms with Crippen molar-refractivity contribution in [3.05, 3.63) is 53.8 Å². The van der Waals surface area contributed by atoms with Crippen LogP contribution in [0.1, 0.15) is 15.9 Å². The molecule has 98 valence electrons. The minimum Gasteiger partial charge on any atom is -0.322 e. The number of aryl methyl sites for hydroxylation is 1. The molecule has 0 radical (unpaired) electrons. The summed E-state index contributed by atoms with van der Waals surface area (Å²) in [6.45, 7) is 1.64. The molecule has 1 aromatic heterocycles. The van der Waals surface area contributed by atoms with Crippen LogP contribution in [0.2, 0.25) is 0 Å². The molecular formula is C12H9IN2O3S. The first-order chi connectivity index (χ1) is 8.97. The molecule has 0 atom stereocenters. The van der Waals surface area contributed by atoms with Crippen LogP contribution in [-0.4, -0.2) is 10.8 Å². The molecule has 7 heteroatoms. The van der Waals surface area contributed by atoms with Gasteiger partial charge in [-0.25, -0.2) is 0 Å². The maximum Gasteiger partial charge on any atom is 0.272 e. The Balaban J connectivity index is 2.18. The van der Waals surface area contributed by atoms with Crippen molar-refractivity contribution in [1.29, 1.82) is 0 Å². The quantitative estimate of drug-likeness (QED) is 0.494. The van der Waals surface area contributed by atoms with Crippen LogP contribution in [-0.2, 0) is 0 Å². The molecule has 0 saturated carbocycles. The fraction of sp³-hybridized carbons (Fsp3) is 0.0833. The van der Waals surface area contributed by atoms with Crippen molar-refractivity contribution in [1.82, 2.24) is 0 Å². The first kappa shape index (κ1) is 13.9. The van der Waals surface area contributed by atoms with Gasteiger partial charge in [0.05, 0.1) is 13.4 Å². The van der Waals surface area contributed by atoms with E-state index in [0.717, 1.165) is 2.88 Å². The largest absolute Gasteiger partial charge is 0.322 e. The number of nitro groups is 1. The molecule has 0 spiro atoms. The zero-order chi connectivity index (χ0) is 14.0. The van der Waals surface area contributed by atoms with Crippen LogP contribution in [0.25, 0.3) is 0 Å². The highest BCUT2D eigenvalue weighted by molar-refractivity contribution is 14.1. The average Bonchev–Trinajstić information content (AvgIpc) is 2.75. The van der Waals surface area contributed by atoms with Gasteiger partial charge < -0.3 is 5.32 Å². The lowest BCUT2D eigenvalue weighted by Gasteiger charge is -2.05. The third kappa shape index (κ3) is 3.29. The second-order valence-electron chi connectivity index (χ2n) is 3.85. The number of benzene rings is 1. The number of hydrogen-bond acceptors (Lipinski definition) is 4. The van der Waals surface area contributed by atoms with Crippen molar-refractivity contribution >= 4 is 51.2 Å². The molecule has 5 nitrogen and oxygen atoms in total. The summed E-state index contributed by atoms with van der Waals surface area (Å²) < 4.78 is 1.03. The summed E-state index contributed by atoms with van der Waals surface area (Å²) >= 11 is 3.63. The second kappa shape index (κ2) is 5.66. The van der Waals surface area contributed by atoms with E-state index in [9.17, 15) is 14.9 Å². The Labute approximate surface area is 126 Å². The van der Waals surface area contributed by atoms with Crippen molar-refractivity contribution < 1.29 is 9.72 Å². The highest BCUT2D eigenvalue weighted by Gasteiger charge is 2.12. The van der Waals surface area contributed by atoms with E-state index in [1.807, 2.05) is 0 Å². The zero-order valence-electron chi connectivity index (χ0n) is 9.84. The third-order valence-corrected chi connectivity index (χ3v) is 4.27. The minimum atomic E-state index is -0.442. The number of nitro benzene ring substituents is 1. The molecule has 1 heterocycles. The summed E-state index contributed by atoms with van der Waals surface area (Å²) in [6, 6.07) is 6.30. The predicted molar refractivity (Wildman–Crippen MR) is 82.8 cm³/mol. The number of carbonyl (C=O) groups excluding carboxylic acids is 1. The number of amides is 1. The van der Waals surface area contributed by atoms with Crippen LogP contribution in [0.15, 0.2) is 29.6 Å². The number of anilines is 1. The number of hydrogen-bond donors (Lipinski definition) is 1. The third-order valence-electron chi connectivity index (χ3n) is 2.48. The van der Waals surface area contributed by atoms with Gasteiger partial charge in [-0.1, -0.05) is 0 Å². The molecular weight excluding hydrogens is 379 g/mol. The minimum absolute atomic E-state index is 0.0445. The van der Waals surface area contributed by atoms with E-state index in [2.05, 4.69) is 27.9 Å². The van der Waals surface area contributed by atoms with Gasteiger partial charge in [-0.3, -0.25) is 14.9 Å². The Hall–Kier alpha value is -1.48. The van der Waals surface area contributed by atoms with Gasteiger partial charge in [-0.15, -0.1) is 11.3 Å². The van der Waals surface area contributed by atoms with Gasteiger partial charge in [0.15, 0.2) is 0 Å². The van der Waals surface area contributed by atoms with Crippen molar-refractivity contribution in [3.63, 3.8) is 0 Å². The number of halogens is 1. The van der Waals surface area contributed by atoms with E-state index in [4.69, 9.17) is 0 Å². The summed E-state index contributed by atoms with van der Waals surface area (Å²) in [7, 11) is 0. The number of carbonyl (C=O) groups is 1. The zero-order valence-corrected chi connectivity index (χ0v) is 12.8. The van der Waals surface area contributed by atoms with Gasteiger partial charge in [0.2, 0.25) is 0 Å². The van der Waals surface area contributed by atoms with Crippen LogP contribution in [0.3, 0.4) is 0 Å². The number of thiophene rings is 1. The topological polar surface area (TPSA) is 72.2 Å². The SMILES string of the molecule is Cc1cc(NC(=O)c2csc(I)c2)ccc1[N+](=O)[O-]. The molecule has 0 saturated heterocycles. The van der Waals surface area contributed by atoms with E-state index in [0.29, 0.717) is 16.8 Å². The molecule has 0 unspecified atom stereocenters. The smallest absolute Gasteiger partial charge is 0.272 e. The first-order valence-corrected chi connectivity index (χ1v) is 7.23. The Morgan fingerprint density at radius 1 is 1.42 bits per heavy atom. The maximum atomic E-state index is 11.9. The molecule has 0 aliphatic rings. The summed E-state index contributed by atoms with van der Waals surface area (Å²) in [5, 5.41) is 15.2. The Kier molecular flexibility index (Phi) is 4.15. The van der Waals surface area contributed by atoms with E-state index in [1.54, 1.807) is 24.4 Å². The van der Waals surface area contributed by atoms with Gasteiger partial charge in [0, 0.05) is 22.7 Å². The highest BCUT2D eigenvalue weighted by atomic mass is 127. The molecule has 0 aliphatic heterocycles. The lowest BCUT2D eigenvalue weighted by Crippen LogP contribution is -2.11. The summed E-state index contributed by atoms with van der Waals surface area (Å²) in [6.07, 6.45) is 0. The standard InChI is InChI=1S/C12H9IN2O3S/c1-7-4-9(2-3-10(7)15(17)18)14-12(16)8-5-11(13)19-6-8/h2-6H,1H3,(H,14,16). The van der Waals surface area contributed by atoms with Crippen LogP contribution in [0.4, 0.5) is 11.4 Å². The van der Waals surface area contributed by atoms with E-state index < -0.39 is 4.92 Å². The van der Waals surface area contributed by atoms with Gasteiger partial charge >= 0.3 is 0 Å². The molecule has 0 aliphatic carbocycles. The highest BCUT2D eigenvalue weighted by Crippen LogP contribution is 2.23. The number of rotatable bonds is 3. The van der Waals surface area contributed by atoms with Gasteiger partial charge in [-0.05, 0) is 47.7 Å². The van der Waals surface area contributed by atoms with Crippen LogP contribution >= 0.6 is 33.9 Å². The summed E-state index contributed by atoms with van der Waals surface area (Å²) in [5.41, 5.74) is 1.70. The second-order valence-corrected chi connectivity index (χ2v) is 6.66. The molecule has 2 aromatic rings. The molecule has 1 N–H and O–H groups in total.